The Balaban J connectivity index is 2.32. The molecule has 2 aliphatic rings. The molecule has 2 heterocycles. The van der Waals surface area contributed by atoms with Crippen molar-refractivity contribution >= 4 is 17.7 Å². The standard InChI is InChI=1S/C10H13NO5/c1-3-6-5(4(2)12)9(14)11(6)7(8(3)13)10(15)16/h3-7,12H,1-2H3,(H,15,16)/t3-,4-,5-,6+,7?/m1/s1. The van der Waals surface area contributed by atoms with Gasteiger partial charge >= 0.3 is 5.97 Å². The van der Waals surface area contributed by atoms with Crippen LogP contribution in [0.4, 0.5) is 0 Å². The first-order chi connectivity index (χ1) is 7.37. The van der Waals surface area contributed by atoms with Crippen LogP contribution in [-0.4, -0.2) is 51.0 Å². The highest BCUT2D eigenvalue weighted by molar-refractivity contribution is 6.11. The van der Waals surface area contributed by atoms with Crippen molar-refractivity contribution in [2.24, 2.45) is 11.8 Å². The molecule has 0 aliphatic carbocycles. The summed E-state index contributed by atoms with van der Waals surface area (Å²) in [5.41, 5.74) is 0. The molecule has 0 saturated carbocycles. The van der Waals surface area contributed by atoms with Crippen molar-refractivity contribution in [1.82, 2.24) is 4.90 Å². The molecule has 0 aromatic heterocycles. The summed E-state index contributed by atoms with van der Waals surface area (Å²) < 4.78 is 0. The summed E-state index contributed by atoms with van der Waals surface area (Å²) in [6.07, 6.45) is -0.850. The molecule has 88 valence electrons. The van der Waals surface area contributed by atoms with Gasteiger partial charge in [-0.25, -0.2) is 4.79 Å². The molecule has 1 amide bonds. The molecule has 0 aromatic carbocycles. The van der Waals surface area contributed by atoms with Crippen molar-refractivity contribution in [2.75, 3.05) is 0 Å². The SMILES string of the molecule is C[C@@H](O)[C@H]1C(=O)N2C(C(=O)O)C(=O)[C@H](C)[C@@H]12. The molecule has 2 fully saturated rings. The first-order valence-corrected chi connectivity index (χ1v) is 5.14. The van der Waals surface area contributed by atoms with Gasteiger partial charge < -0.3 is 15.1 Å². The van der Waals surface area contributed by atoms with E-state index in [2.05, 4.69) is 0 Å². The number of nitrogens with zero attached hydrogens (tertiary/aromatic N) is 1. The van der Waals surface area contributed by atoms with Gasteiger partial charge in [-0.05, 0) is 6.92 Å². The van der Waals surface area contributed by atoms with E-state index in [0.717, 1.165) is 4.90 Å². The summed E-state index contributed by atoms with van der Waals surface area (Å²) in [5.74, 6) is -3.34. The van der Waals surface area contributed by atoms with Crippen LogP contribution >= 0.6 is 0 Å². The highest BCUT2D eigenvalue weighted by Crippen LogP contribution is 2.42. The predicted octanol–water partition coefficient (Wildman–Crippen LogP) is -1.13. The molecule has 2 aliphatic heterocycles. The minimum atomic E-state index is -1.36. The molecule has 0 spiro atoms. The van der Waals surface area contributed by atoms with E-state index in [1.165, 1.54) is 6.92 Å². The van der Waals surface area contributed by atoms with Crippen LogP contribution in [0.25, 0.3) is 0 Å². The third kappa shape index (κ3) is 1.13. The van der Waals surface area contributed by atoms with E-state index in [-0.39, 0.29) is 0 Å². The number of aliphatic hydroxyl groups is 1. The van der Waals surface area contributed by atoms with Crippen molar-refractivity contribution in [3.05, 3.63) is 0 Å². The molecule has 0 bridgehead atoms. The van der Waals surface area contributed by atoms with Crippen LogP contribution in [0.2, 0.25) is 0 Å². The van der Waals surface area contributed by atoms with Crippen molar-refractivity contribution in [1.29, 1.82) is 0 Å². The number of rotatable bonds is 2. The highest BCUT2D eigenvalue weighted by Gasteiger charge is 2.64. The van der Waals surface area contributed by atoms with Crippen LogP contribution in [0.15, 0.2) is 0 Å². The highest BCUT2D eigenvalue weighted by atomic mass is 16.4. The number of Topliss-reactive ketones (excluding diaryl/α,β-unsaturated/α-hetero) is 1. The fourth-order valence-electron chi connectivity index (χ4n) is 2.69. The number of hydrogen-bond donors (Lipinski definition) is 2. The van der Waals surface area contributed by atoms with Crippen LogP contribution in [0.5, 0.6) is 0 Å². The molecule has 2 rings (SSSR count). The molecule has 16 heavy (non-hydrogen) atoms. The number of ketones is 1. The van der Waals surface area contributed by atoms with Gasteiger partial charge in [-0.3, -0.25) is 9.59 Å². The molecule has 2 N–H and O–H groups in total. The number of carboxylic acid groups (broad SMARTS) is 1. The Morgan fingerprint density at radius 2 is 2.00 bits per heavy atom. The van der Waals surface area contributed by atoms with Gasteiger partial charge in [0.15, 0.2) is 11.8 Å². The Labute approximate surface area is 91.8 Å². The Morgan fingerprint density at radius 3 is 2.44 bits per heavy atom. The number of β-lactam (4-membered cyclic amide) rings is 1. The average Bonchev–Trinajstić information content (AvgIpc) is 2.38. The van der Waals surface area contributed by atoms with Crippen molar-refractivity contribution < 1.29 is 24.6 Å². The largest absolute Gasteiger partial charge is 0.479 e. The van der Waals surface area contributed by atoms with Gasteiger partial charge in [0, 0.05) is 5.92 Å². The van der Waals surface area contributed by atoms with Gasteiger partial charge in [0.1, 0.15) is 0 Å². The lowest BCUT2D eigenvalue weighted by Crippen LogP contribution is -2.65. The Hall–Kier alpha value is -1.43. The van der Waals surface area contributed by atoms with Crippen LogP contribution in [0.3, 0.4) is 0 Å². The quantitative estimate of drug-likeness (QED) is 0.459. The smallest absolute Gasteiger partial charge is 0.334 e. The predicted molar refractivity (Wildman–Crippen MR) is 51.4 cm³/mol. The number of amides is 1. The maximum Gasteiger partial charge on any atom is 0.334 e. The van der Waals surface area contributed by atoms with Crippen LogP contribution < -0.4 is 0 Å². The maximum absolute atomic E-state index is 11.7. The number of carbonyl (C=O) groups excluding carboxylic acids is 2. The van der Waals surface area contributed by atoms with E-state index in [9.17, 15) is 19.5 Å². The van der Waals surface area contributed by atoms with Gasteiger partial charge in [-0.2, -0.15) is 0 Å². The minimum Gasteiger partial charge on any atom is -0.479 e. The fraction of sp³-hybridized carbons (Fsp3) is 0.700. The summed E-state index contributed by atoms with van der Waals surface area (Å²) in [4.78, 5) is 35.3. The Bertz CT molecular complexity index is 377. The van der Waals surface area contributed by atoms with Gasteiger partial charge in [0.2, 0.25) is 5.91 Å². The average molecular weight is 227 g/mol. The number of aliphatic carboxylic acids is 1. The third-order valence-electron chi connectivity index (χ3n) is 3.49. The summed E-state index contributed by atoms with van der Waals surface area (Å²) in [6.45, 7) is 3.08. The van der Waals surface area contributed by atoms with Crippen LogP contribution in [0.1, 0.15) is 13.8 Å². The summed E-state index contributed by atoms with van der Waals surface area (Å²) in [5, 5.41) is 18.3. The maximum atomic E-state index is 11.7. The summed E-state index contributed by atoms with van der Waals surface area (Å²) in [7, 11) is 0. The molecule has 1 unspecified atom stereocenters. The lowest BCUT2D eigenvalue weighted by molar-refractivity contribution is -0.171. The van der Waals surface area contributed by atoms with Crippen LogP contribution in [0, 0.1) is 11.8 Å². The van der Waals surface area contributed by atoms with E-state index < -0.39 is 47.7 Å². The first kappa shape index (κ1) is 11.1. The van der Waals surface area contributed by atoms with Gasteiger partial charge in [-0.1, -0.05) is 6.92 Å². The van der Waals surface area contributed by atoms with Gasteiger partial charge in [-0.15, -0.1) is 0 Å². The second kappa shape index (κ2) is 3.28. The monoisotopic (exact) mass is 227 g/mol. The van der Waals surface area contributed by atoms with Gasteiger partial charge in [0.25, 0.3) is 0 Å². The zero-order chi connectivity index (χ0) is 12.2. The normalized spacial score (nSPS) is 39.3. The number of aliphatic hydroxyl groups excluding tert-OH is 1. The Morgan fingerprint density at radius 1 is 1.44 bits per heavy atom. The number of hydrogen-bond acceptors (Lipinski definition) is 4. The summed E-state index contributed by atoms with van der Waals surface area (Å²) in [6, 6.07) is -1.82. The van der Waals surface area contributed by atoms with Crippen molar-refractivity contribution in [2.45, 2.75) is 32.0 Å². The molecule has 0 radical (unpaired) electrons. The molecule has 6 heteroatoms. The summed E-state index contributed by atoms with van der Waals surface area (Å²) >= 11 is 0. The molecule has 2 saturated heterocycles. The second-order valence-corrected chi connectivity index (χ2v) is 4.43. The van der Waals surface area contributed by atoms with E-state index >= 15 is 0 Å². The molecule has 6 nitrogen and oxygen atoms in total. The fourth-order valence-corrected chi connectivity index (χ4v) is 2.69. The number of fused-ring (bicyclic) bond motifs is 1. The topological polar surface area (TPSA) is 94.9 Å². The molecule has 0 aromatic rings. The Kier molecular flexibility index (Phi) is 2.27. The first-order valence-electron chi connectivity index (χ1n) is 5.14. The molecular weight excluding hydrogens is 214 g/mol. The third-order valence-corrected chi connectivity index (χ3v) is 3.49. The van der Waals surface area contributed by atoms with Crippen molar-refractivity contribution in [3.63, 3.8) is 0 Å². The minimum absolute atomic E-state index is 0.440. The number of carboxylic acids is 1. The van der Waals surface area contributed by atoms with E-state index in [1.807, 2.05) is 0 Å². The van der Waals surface area contributed by atoms with Crippen molar-refractivity contribution in [3.8, 4) is 0 Å². The van der Waals surface area contributed by atoms with E-state index in [1.54, 1.807) is 6.92 Å². The lowest BCUT2D eigenvalue weighted by atomic mass is 9.79. The zero-order valence-corrected chi connectivity index (χ0v) is 8.95. The van der Waals surface area contributed by atoms with E-state index in [0.29, 0.717) is 0 Å². The molecular formula is C10H13NO5. The van der Waals surface area contributed by atoms with Crippen LogP contribution in [-0.2, 0) is 14.4 Å². The second-order valence-electron chi connectivity index (χ2n) is 4.43. The molecule has 5 atom stereocenters. The zero-order valence-electron chi connectivity index (χ0n) is 8.95. The van der Waals surface area contributed by atoms with Gasteiger partial charge in [0.05, 0.1) is 18.1 Å². The lowest BCUT2D eigenvalue weighted by Gasteiger charge is -2.46. The van der Waals surface area contributed by atoms with E-state index in [4.69, 9.17) is 5.11 Å². The number of carbonyl (C=O) groups is 3.